The van der Waals surface area contributed by atoms with Crippen LogP contribution in [0.5, 0.6) is 0 Å². The van der Waals surface area contributed by atoms with Gasteiger partial charge >= 0.3 is 6.09 Å². The van der Waals surface area contributed by atoms with Crippen molar-refractivity contribution in [1.82, 2.24) is 5.32 Å². The largest absolute Gasteiger partial charge is 0.453 e. The van der Waals surface area contributed by atoms with Gasteiger partial charge in [-0.3, -0.25) is 4.79 Å². The maximum Gasteiger partial charge on any atom is 0.407 e. The number of nitrogen functional groups attached to an aromatic ring is 1. The van der Waals surface area contributed by atoms with Crippen molar-refractivity contribution in [2.24, 2.45) is 5.73 Å². The molecule has 7 heteroatoms. The van der Waals surface area contributed by atoms with Crippen molar-refractivity contribution >= 4 is 23.4 Å². The molecule has 0 aliphatic carbocycles. The molecule has 0 saturated carbocycles. The van der Waals surface area contributed by atoms with Gasteiger partial charge in [0.05, 0.1) is 30.1 Å². The van der Waals surface area contributed by atoms with Gasteiger partial charge in [-0.2, -0.15) is 0 Å². The molecule has 1 aliphatic heterocycles. The highest BCUT2D eigenvalue weighted by atomic mass is 16.5. The third-order valence-electron chi connectivity index (χ3n) is 3.34. The van der Waals surface area contributed by atoms with E-state index in [4.69, 9.17) is 11.5 Å². The predicted octanol–water partition coefficient (Wildman–Crippen LogP) is 0.302. The van der Waals surface area contributed by atoms with E-state index in [1.165, 1.54) is 7.11 Å². The quantitative estimate of drug-likeness (QED) is 0.689. The lowest BCUT2D eigenvalue weighted by atomic mass is 10.1. The summed E-state index contributed by atoms with van der Waals surface area (Å²) in [4.78, 5) is 24.6. The fourth-order valence-corrected chi connectivity index (χ4v) is 2.42. The van der Waals surface area contributed by atoms with E-state index in [1.54, 1.807) is 18.2 Å². The van der Waals surface area contributed by atoms with E-state index >= 15 is 0 Å². The number of para-hydroxylation sites is 1. The molecule has 1 saturated heterocycles. The monoisotopic (exact) mass is 278 g/mol. The van der Waals surface area contributed by atoms with Gasteiger partial charge < -0.3 is 26.4 Å². The van der Waals surface area contributed by atoms with E-state index in [1.807, 2.05) is 4.90 Å². The van der Waals surface area contributed by atoms with Gasteiger partial charge in [-0.25, -0.2) is 4.79 Å². The van der Waals surface area contributed by atoms with Crippen LogP contribution >= 0.6 is 0 Å². The van der Waals surface area contributed by atoms with Crippen molar-refractivity contribution in [3.05, 3.63) is 23.8 Å². The molecule has 1 unspecified atom stereocenters. The van der Waals surface area contributed by atoms with Gasteiger partial charge in [0.25, 0.3) is 5.91 Å². The molecule has 1 aromatic rings. The topological polar surface area (TPSA) is 111 Å². The van der Waals surface area contributed by atoms with Crippen LogP contribution < -0.4 is 21.7 Å². The number of carbonyl (C=O) groups is 2. The second-order valence-electron chi connectivity index (χ2n) is 4.68. The van der Waals surface area contributed by atoms with Gasteiger partial charge in [0, 0.05) is 13.1 Å². The molecule has 20 heavy (non-hydrogen) atoms. The van der Waals surface area contributed by atoms with Crippen molar-refractivity contribution in [2.45, 2.75) is 12.5 Å². The normalized spacial score (nSPS) is 17.9. The van der Waals surface area contributed by atoms with Crippen LogP contribution in [0.15, 0.2) is 18.2 Å². The molecular formula is C13H18N4O3. The third-order valence-corrected chi connectivity index (χ3v) is 3.34. The number of nitrogens with one attached hydrogen (secondary N) is 1. The Morgan fingerprint density at radius 3 is 2.85 bits per heavy atom. The smallest absolute Gasteiger partial charge is 0.407 e. The van der Waals surface area contributed by atoms with E-state index in [0.717, 1.165) is 6.42 Å². The molecule has 1 fully saturated rings. The lowest BCUT2D eigenvalue weighted by molar-refractivity contribution is 0.100. The molecule has 0 aromatic heterocycles. The van der Waals surface area contributed by atoms with Gasteiger partial charge in [-0.15, -0.1) is 0 Å². The Hall–Kier alpha value is -2.44. The Labute approximate surface area is 116 Å². The second kappa shape index (κ2) is 5.68. The lowest BCUT2D eigenvalue weighted by Crippen LogP contribution is -2.37. The highest BCUT2D eigenvalue weighted by molar-refractivity contribution is 6.01. The lowest BCUT2D eigenvalue weighted by Gasteiger charge is -2.23. The Bertz CT molecular complexity index is 532. The van der Waals surface area contributed by atoms with Gasteiger partial charge in [-0.1, -0.05) is 6.07 Å². The van der Waals surface area contributed by atoms with E-state index in [2.05, 4.69) is 10.1 Å². The minimum absolute atomic E-state index is 0.0391. The van der Waals surface area contributed by atoms with Crippen LogP contribution in [-0.4, -0.2) is 38.2 Å². The van der Waals surface area contributed by atoms with Crippen LogP contribution in [-0.2, 0) is 4.74 Å². The Kier molecular flexibility index (Phi) is 3.97. The molecule has 2 rings (SSSR count). The maximum absolute atomic E-state index is 11.5. The summed E-state index contributed by atoms with van der Waals surface area (Å²) in [6.45, 7) is 1.24. The van der Waals surface area contributed by atoms with Gasteiger partial charge in [-0.05, 0) is 18.6 Å². The number of ether oxygens (including phenoxy) is 1. The zero-order valence-corrected chi connectivity index (χ0v) is 11.3. The standard InChI is InChI=1S/C13H18N4O3/c1-20-13(19)16-8-5-6-17(7-8)11-9(12(15)18)3-2-4-10(11)14/h2-4,8H,5-7,14H2,1H3,(H2,15,18)(H,16,19). The molecular weight excluding hydrogens is 260 g/mol. The molecule has 7 nitrogen and oxygen atoms in total. The number of primary amides is 1. The molecule has 5 N–H and O–H groups in total. The SMILES string of the molecule is COC(=O)NC1CCN(c2c(N)cccc2C(N)=O)C1. The molecule has 0 bridgehead atoms. The number of nitrogens with zero attached hydrogens (tertiary/aromatic N) is 1. The molecule has 108 valence electrons. The summed E-state index contributed by atoms with van der Waals surface area (Å²) in [5, 5.41) is 2.74. The summed E-state index contributed by atoms with van der Waals surface area (Å²) < 4.78 is 4.57. The average molecular weight is 278 g/mol. The Morgan fingerprint density at radius 2 is 2.20 bits per heavy atom. The zero-order valence-electron chi connectivity index (χ0n) is 11.3. The molecule has 0 spiro atoms. The maximum atomic E-state index is 11.5. The van der Waals surface area contributed by atoms with E-state index in [9.17, 15) is 9.59 Å². The molecule has 1 aliphatic rings. The Morgan fingerprint density at radius 1 is 1.45 bits per heavy atom. The summed E-state index contributed by atoms with van der Waals surface area (Å²) in [6, 6.07) is 5.03. The van der Waals surface area contributed by atoms with Crippen molar-refractivity contribution in [3.8, 4) is 0 Å². The average Bonchev–Trinajstić information content (AvgIpc) is 2.86. The van der Waals surface area contributed by atoms with Crippen LogP contribution in [0.3, 0.4) is 0 Å². The minimum Gasteiger partial charge on any atom is -0.453 e. The predicted molar refractivity (Wildman–Crippen MR) is 75.5 cm³/mol. The van der Waals surface area contributed by atoms with Crippen LogP contribution in [0.4, 0.5) is 16.2 Å². The number of rotatable bonds is 3. The number of hydrogen-bond acceptors (Lipinski definition) is 5. The Balaban J connectivity index is 2.18. The zero-order chi connectivity index (χ0) is 14.7. The van der Waals surface area contributed by atoms with Gasteiger partial charge in [0.15, 0.2) is 0 Å². The first-order chi connectivity index (χ1) is 9.52. The van der Waals surface area contributed by atoms with Crippen molar-refractivity contribution in [2.75, 3.05) is 30.8 Å². The van der Waals surface area contributed by atoms with Crippen LogP contribution in [0.1, 0.15) is 16.8 Å². The molecule has 1 aromatic carbocycles. The fourth-order valence-electron chi connectivity index (χ4n) is 2.42. The summed E-state index contributed by atoms with van der Waals surface area (Å²) in [6.07, 6.45) is 0.287. The summed E-state index contributed by atoms with van der Waals surface area (Å²) in [5.41, 5.74) is 12.9. The number of methoxy groups -OCH3 is 1. The molecule has 2 amide bonds. The summed E-state index contributed by atoms with van der Waals surface area (Å²) in [5.74, 6) is -0.517. The van der Waals surface area contributed by atoms with Crippen LogP contribution in [0.25, 0.3) is 0 Å². The second-order valence-corrected chi connectivity index (χ2v) is 4.68. The van der Waals surface area contributed by atoms with Gasteiger partial charge in [0.1, 0.15) is 0 Å². The number of nitrogens with two attached hydrogens (primary N) is 2. The first kappa shape index (κ1) is 14.0. The number of amides is 2. The number of hydrogen-bond donors (Lipinski definition) is 3. The van der Waals surface area contributed by atoms with E-state index in [0.29, 0.717) is 30.0 Å². The molecule has 1 atom stereocenters. The number of anilines is 2. The first-order valence-electron chi connectivity index (χ1n) is 6.30. The third kappa shape index (κ3) is 2.76. The van der Waals surface area contributed by atoms with Crippen molar-refractivity contribution in [1.29, 1.82) is 0 Å². The highest BCUT2D eigenvalue weighted by Crippen LogP contribution is 2.30. The van der Waals surface area contributed by atoms with E-state index in [-0.39, 0.29) is 6.04 Å². The number of benzene rings is 1. The summed E-state index contributed by atoms with van der Waals surface area (Å²) >= 11 is 0. The summed E-state index contributed by atoms with van der Waals surface area (Å²) in [7, 11) is 1.32. The first-order valence-corrected chi connectivity index (χ1v) is 6.30. The van der Waals surface area contributed by atoms with Crippen LogP contribution in [0, 0.1) is 0 Å². The molecule has 0 radical (unpaired) electrons. The number of carbonyl (C=O) groups excluding carboxylic acids is 2. The fraction of sp³-hybridized carbons (Fsp3) is 0.385. The highest BCUT2D eigenvalue weighted by Gasteiger charge is 2.27. The van der Waals surface area contributed by atoms with E-state index < -0.39 is 12.0 Å². The molecule has 1 heterocycles. The van der Waals surface area contributed by atoms with Crippen molar-refractivity contribution in [3.63, 3.8) is 0 Å². The minimum atomic E-state index is -0.517. The van der Waals surface area contributed by atoms with Gasteiger partial charge in [0.2, 0.25) is 0 Å². The number of alkyl carbamates (subject to hydrolysis) is 1. The van der Waals surface area contributed by atoms with Crippen molar-refractivity contribution < 1.29 is 14.3 Å². The van der Waals surface area contributed by atoms with Crippen LogP contribution in [0.2, 0.25) is 0 Å².